The minimum Gasteiger partial charge on any atom is -0.497 e. The van der Waals surface area contributed by atoms with Crippen molar-refractivity contribution in [2.75, 3.05) is 26.7 Å². The van der Waals surface area contributed by atoms with Gasteiger partial charge in [-0.3, -0.25) is 0 Å². The topological polar surface area (TPSA) is 33.3 Å². The van der Waals surface area contributed by atoms with Gasteiger partial charge in [0, 0.05) is 6.04 Å². The molecule has 0 spiro atoms. The first-order chi connectivity index (χ1) is 18.2. The van der Waals surface area contributed by atoms with Crippen LogP contribution in [0.2, 0.25) is 0 Å². The molecule has 0 bridgehead atoms. The number of hydrogen-bond acceptors (Lipinski definition) is 3. The summed E-state index contributed by atoms with van der Waals surface area (Å²) in [5.41, 5.74) is 3.69. The summed E-state index contributed by atoms with van der Waals surface area (Å²) < 4.78 is 5.51. The predicted molar refractivity (Wildman–Crippen MR) is 159 cm³/mol. The highest BCUT2D eigenvalue weighted by molar-refractivity contribution is 5.40. The largest absolute Gasteiger partial charge is 0.497 e. The fraction of sp³-hybridized carbons (Fsp3) is 0.824. The number of nitrogens with one attached hydrogen (secondary N) is 2. The van der Waals surface area contributed by atoms with Gasteiger partial charge in [-0.05, 0) is 117 Å². The molecule has 1 aromatic carbocycles. The van der Waals surface area contributed by atoms with E-state index in [0.717, 1.165) is 29.5 Å². The first kappa shape index (κ1) is 28.9. The molecule has 0 aliphatic heterocycles. The summed E-state index contributed by atoms with van der Waals surface area (Å²) in [6.45, 7) is 8.48. The van der Waals surface area contributed by atoms with Gasteiger partial charge in [-0.1, -0.05) is 77.7 Å². The van der Waals surface area contributed by atoms with Crippen molar-refractivity contribution in [2.45, 2.75) is 135 Å². The van der Waals surface area contributed by atoms with Gasteiger partial charge < -0.3 is 15.4 Å². The minimum atomic E-state index is 0.495. The van der Waals surface area contributed by atoms with Crippen molar-refractivity contribution in [1.82, 2.24) is 10.6 Å². The number of unbranched alkanes of at least 4 members (excludes halogenated alkanes) is 9. The number of hydrogen-bond donors (Lipinski definition) is 2. The van der Waals surface area contributed by atoms with Crippen LogP contribution < -0.4 is 15.4 Å². The molecule has 0 radical (unpaired) electrons. The molecule has 2 fully saturated rings. The molecule has 3 nitrogen and oxygen atoms in total. The van der Waals surface area contributed by atoms with Gasteiger partial charge in [0.05, 0.1) is 7.11 Å². The van der Waals surface area contributed by atoms with Crippen LogP contribution in [0.1, 0.15) is 134 Å². The number of fused-ring (bicyclic) bond motifs is 5. The lowest BCUT2D eigenvalue weighted by atomic mass is 9.55. The second-order valence-electron chi connectivity index (χ2n) is 12.9. The molecule has 3 aliphatic rings. The molecule has 0 saturated heterocycles. The SMILES string of the molecule is CCCCCCCCCCCCNCCCNC1CC[C@H]2[C@@H]3CCc4cc(OC)ccc4[C@H]3CC[C@]12C. The third kappa shape index (κ3) is 7.53. The third-order valence-electron chi connectivity index (χ3n) is 10.6. The van der Waals surface area contributed by atoms with Gasteiger partial charge in [0.1, 0.15) is 5.75 Å². The fourth-order valence-electron chi connectivity index (χ4n) is 8.37. The molecule has 1 aromatic rings. The Bertz CT molecular complexity index is 794. The van der Waals surface area contributed by atoms with Crippen molar-refractivity contribution >= 4 is 0 Å². The van der Waals surface area contributed by atoms with Gasteiger partial charge in [0.25, 0.3) is 0 Å². The van der Waals surface area contributed by atoms with Crippen molar-refractivity contribution in [3.63, 3.8) is 0 Å². The second-order valence-corrected chi connectivity index (χ2v) is 12.9. The Balaban J connectivity index is 1.08. The average molecular weight is 511 g/mol. The molecule has 0 amide bonds. The number of rotatable bonds is 17. The Hall–Kier alpha value is -1.06. The summed E-state index contributed by atoms with van der Waals surface area (Å²) >= 11 is 0. The summed E-state index contributed by atoms with van der Waals surface area (Å²) in [4.78, 5) is 0. The Morgan fingerprint density at radius 2 is 1.57 bits per heavy atom. The quantitative estimate of drug-likeness (QED) is 0.206. The van der Waals surface area contributed by atoms with Gasteiger partial charge >= 0.3 is 0 Å². The molecule has 4 rings (SSSR count). The van der Waals surface area contributed by atoms with Gasteiger partial charge in [0.2, 0.25) is 0 Å². The van der Waals surface area contributed by atoms with E-state index < -0.39 is 0 Å². The molecule has 1 unspecified atom stereocenters. The summed E-state index contributed by atoms with van der Waals surface area (Å²) in [5, 5.41) is 7.75. The molecule has 2 saturated carbocycles. The highest BCUT2D eigenvalue weighted by Gasteiger charge is 2.54. The van der Waals surface area contributed by atoms with Crippen LogP contribution in [0.15, 0.2) is 18.2 Å². The summed E-state index contributed by atoms with van der Waals surface area (Å²) in [5.74, 6) is 3.59. The molecule has 2 N–H and O–H groups in total. The predicted octanol–water partition coefficient (Wildman–Crippen LogP) is 8.41. The van der Waals surface area contributed by atoms with Gasteiger partial charge in [-0.15, -0.1) is 0 Å². The van der Waals surface area contributed by atoms with E-state index in [1.807, 2.05) is 0 Å². The van der Waals surface area contributed by atoms with E-state index in [1.165, 1.54) is 129 Å². The minimum absolute atomic E-state index is 0.495. The lowest BCUT2D eigenvalue weighted by molar-refractivity contribution is 0.0412. The molecule has 3 aliphatic carbocycles. The zero-order valence-corrected chi connectivity index (χ0v) is 24.6. The monoisotopic (exact) mass is 510 g/mol. The van der Waals surface area contributed by atoms with Crippen molar-refractivity contribution in [3.05, 3.63) is 29.3 Å². The lowest BCUT2D eigenvalue weighted by Gasteiger charge is -2.51. The summed E-state index contributed by atoms with van der Waals surface area (Å²) in [6.07, 6.45) is 23.7. The smallest absolute Gasteiger partial charge is 0.119 e. The van der Waals surface area contributed by atoms with Crippen LogP contribution in [0.25, 0.3) is 0 Å². The number of benzene rings is 1. The van der Waals surface area contributed by atoms with Crippen LogP contribution in [0, 0.1) is 17.3 Å². The fourth-order valence-corrected chi connectivity index (χ4v) is 8.37. The maximum atomic E-state index is 5.51. The number of aryl methyl sites for hydroxylation is 1. The van der Waals surface area contributed by atoms with Gasteiger partial charge in [-0.2, -0.15) is 0 Å². The van der Waals surface area contributed by atoms with Gasteiger partial charge in [-0.25, -0.2) is 0 Å². The molecule has 3 heteroatoms. The van der Waals surface area contributed by atoms with E-state index in [1.54, 1.807) is 18.2 Å². The zero-order chi connectivity index (χ0) is 25.9. The first-order valence-electron chi connectivity index (χ1n) is 16.3. The summed E-state index contributed by atoms with van der Waals surface area (Å²) in [7, 11) is 1.79. The Morgan fingerprint density at radius 3 is 2.32 bits per heavy atom. The molecule has 37 heavy (non-hydrogen) atoms. The van der Waals surface area contributed by atoms with Crippen LogP contribution >= 0.6 is 0 Å². The van der Waals surface area contributed by atoms with Gasteiger partial charge in [0.15, 0.2) is 0 Å². The van der Waals surface area contributed by atoms with Crippen LogP contribution in [0.5, 0.6) is 5.75 Å². The molecule has 5 atom stereocenters. The van der Waals surface area contributed by atoms with E-state index in [4.69, 9.17) is 4.74 Å². The van der Waals surface area contributed by atoms with Crippen LogP contribution in [-0.2, 0) is 6.42 Å². The van der Waals surface area contributed by atoms with E-state index in [0.29, 0.717) is 5.41 Å². The van der Waals surface area contributed by atoms with E-state index in [9.17, 15) is 0 Å². The molecular formula is C34H58N2O. The van der Waals surface area contributed by atoms with Crippen molar-refractivity contribution in [1.29, 1.82) is 0 Å². The van der Waals surface area contributed by atoms with Crippen LogP contribution in [0.4, 0.5) is 0 Å². The first-order valence-corrected chi connectivity index (χ1v) is 16.3. The Kier molecular flexibility index (Phi) is 11.7. The lowest BCUT2D eigenvalue weighted by Crippen LogP contribution is -2.49. The zero-order valence-electron chi connectivity index (χ0n) is 24.6. The van der Waals surface area contributed by atoms with Crippen molar-refractivity contribution < 1.29 is 4.74 Å². The summed E-state index contributed by atoms with van der Waals surface area (Å²) in [6, 6.07) is 7.61. The molecule has 0 aromatic heterocycles. The molecular weight excluding hydrogens is 452 g/mol. The molecule has 0 heterocycles. The highest BCUT2D eigenvalue weighted by Crippen LogP contribution is 2.60. The number of ether oxygens (including phenoxy) is 1. The average Bonchev–Trinajstić information content (AvgIpc) is 3.26. The van der Waals surface area contributed by atoms with Crippen molar-refractivity contribution in [3.8, 4) is 5.75 Å². The highest BCUT2D eigenvalue weighted by atomic mass is 16.5. The normalized spacial score (nSPS) is 28.5. The Morgan fingerprint density at radius 1 is 0.838 bits per heavy atom. The number of methoxy groups -OCH3 is 1. The van der Waals surface area contributed by atoms with Crippen molar-refractivity contribution in [2.24, 2.45) is 17.3 Å². The standard InChI is InChI=1S/C34H58N2O/c1-4-5-6-7-8-9-10-11-12-13-23-35-24-14-25-36-33-20-19-32-31-17-15-27-26-28(37-3)16-18-29(27)30(31)21-22-34(32,33)2/h16,18,26,30-33,35-36H,4-15,17,19-25H2,1-3H3/t30-,31-,32+,33?,34+/m1/s1. The Labute approximate surface area is 229 Å². The maximum Gasteiger partial charge on any atom is 0.119 e. The van der Waals surface area contributed by atoms with E-state index >= 15 is 0 Å². The van der Waals surface area contributed by atoms with E-state index in [-0.39, 0.29) is 0 Å². The van der Waals surface area contributed by atoms with E-state index in [2.05, 4.69) is 42.7 Å². The van der Waals surface area contributed by atoms with Crippen LogP contribution in [0.3, 0.4) is 0 Å². The maximum absolute atomic E-state index is 5.51. The second kappa shape index (κ2) is 14.9. The van der Waals surface area contributed by atoms with Crippen LogP contribution in [-0.4, -0.2) is 32.8 Å². The third-order valence-corrected chi connectivity index (χ3v) is 10.6. The molecule has 210 valence electrons.